The number of aromatic nitrogens is 1. The van der Waals surface area contributed by atoms with Gasteiger partial charge in [0, 0.05) is 25.0 Å². The maximum absolute atomic E-state index is 5.72. The lowest BCUT2D eigenvalue weighted by molar-refractivity contribution is 0.831. The maximum Gasteiger partial charge on any atom is 0.185 e. The minimum absolute atomic E-state index is 0.618. The number of rotatable bonds is 6. The first kappa shape index (κ1) is 12.5. The highest BCUT2D eigenvalue weighted by Gasteiger charge is 2.11. The Hall–Kier alpha value is -0.610. The minimum Gasteiger partial charge on any atom is -0.351 e. The van der Waals surface area contributed by atoms with Crippen LogP contribution in [0, 0.1) is 0 Å². The highest BCUT2D eigenvalue weighted by molar-refractivity contribution is 7.15. The van der Waals surface area contributed by atoms with Crippen LogP contribution in [0.3, 0.4) is 0 Å². The van der Waals surface area contributed by atoms with Crippen molar-refractivity contribution < 1.29 is 0 Å². The normalized spacial score (nSPS) is 10.7. The zero-order chi connectivity index (χ0) is 11.3. The van der Waals surface area contributed by atoms with Crippen molar-refractivity contribution in [3.8, 4) is 0 Å². The van der Waals surface area contributed by atoms with Gasteiger partial charge in [0.05, 0.1) is 5.69 Å². The van der Waals surface area contributed by atoms with Gasteiger partial charge in [0.15, 0.2) is 5.13 Å². The van der Waals surface area contributed by atoms with Gasteiger partial charge in [0.2, 0.25) is 0 Å². The first-order valence-corrected chi connectivity index (χ1v) is 6.44. The van der Waals surface area contributed by atoms with Crippen LogP contribution >= 0.6 is 11.3 Å². The third-order valence-corrected chi connectivity index (χ3v) is 3.56. The highest BCUT2D eigenvalue weighted by Crippen LogP contribution is 2.26. The van der Waals surface area contributed by atoms with Gasteiger partial charge < -0.3 is 10.6 Å². The monoisotopic (exact) mass is 227 g/mol. The lowest BCUT2D eigenvalue weighted by Crippen LogP contribution is -2.17. The molecule has 1 aromatic rings. The van der Waals surface area contributed by atoms with Gasteiger partial charge in [-0.1, -0.05) is 20.3 Å². The van der Waals surface area contributed by atoms with Crippen LogP contribution in [0.2, 0.25) is 0 Å². The molecule has 0 spiro atoms. The van der Waals surface area contributed by atoms with Crippen molar-refractivity contribution in [2.75, 3.05) is 18.5 Å². The van der Waals surface area contributed by atoms with E-state index in [0.29, 0.717) is 6.54 Å². The zero-order valence-electron chi connectivity index (χ0n) is 9.92. The molecule has 4 heteroatoms. The molecule has 0 fully saturated rings. The molecule has 0 aliphatic rings. The summed E-state index contributed by atoms with van der Waals surface area (Å²) in [4.78, 5) is 8.11. The predicted molar refractivity (Wildman–Crippen MR) is 67.6 cm³/mol. The molecule has 15 heavy (non-hydrogen) atoms. The fraction of sp³-hybridized carbons (Fsp3) is 0.727. The van der Waals surface area contributed by atoms with Crippen LogP contribution in [-0.2, 0) is 13.0 Å². The lowest BCUT2D eigenvalue weighted by atomic mass is 10.2. The molecule has 3 nitrogen and oxygen atoms in total. The number of nitrogens with zero attached hydrogens (tertiary/aromatic N) is 2. The molecule has 0 atom stereocenters. The van der Waals surface area contributed by atoms with Crippen molar-refractivity contribution in [3.05, 3.63) is 10.6 Å². The summed E-state index contributed by atoms with van der Waals surface area (Å²) in [5, 5.41) is 1.11. The van der Waals surface area contributed by atoms with Crippen LogP contribution in [0.15, 0.2) is 0 Å². The quantitative estimate of drug-likeness (QED) is 0.811. The molecule has 2 N–H and O–H groups in total. The molecule has 0 aromatic carbocycles. The van der Waals surface area contributed by atoms with Crippen molar-refractivity contribution in [1.82, 2.24) is 4.98 Å². The number of nitrogens with two attached hydrogens (primary N) is 1. The molecule has 0 radical (unpaired) electrons. The zero-order valence-corrected chi connectivity index (χ0v) is 10.7. The molecular weight excluding hydrogens is 206 g/mol. The number of anilines is 1. The van der Waals surface area contributed by atoms with Gasteiger partial charge in [0.1, 0.15) is 0 Å². The van der Waals surface area contributed by atoms with E-state index in [9.17, 15) is 0 Å². The van der Waals surface area contributed by atoms with Gasteiger partial charge in [-0.05, 0) is 12.8 Å². The molecule has 0 aliphatic heterocycles. The van der Waals surface area contributed by atoms with Crippen LogP contribution in [0.5, 0.6) is 0 Å². The SMILES string of the molecule is CCCc1nc(N(C)CCC)sc1CN. The molecule has 1 aromatic heterocycles. The van der Waals surface area contributed by atoms with E-state index >= 15 is 0 Å². The van der Waals surface area contributed by atoms with Crippen LogP contribution < -0.4 is 10.6 Å². The standard InChI is InChI=1S/C11H21N3S/c1-4-6-9-10(8-12)15-11(13-9)14(3)7-5-2/h4-8,12H2,1-3H3. The molecule has 0 bridgehead atoms. The van der Waals surface area contributed by atoms with Gasteiger partial charge in [-0.25, -0.2) is 4.98 Å². The Morgan fingerprint density at radius 3 is 2.60 bits per heavy atom. The molecule has 0 aliphatic carbocycles. The minimum atomic E-state index is 0.618. The molecule has 1 heterocycles. The summed E-state index contributed by atoms with van der Waals surface area (Å²) in [5.41, 5.74) is 6.92. The number of aryl methyl sites for hydroxylation is 1. The van der Waals surface area contributed by atoms with Crippen molar-refractivity contribution in [2.45, 2.75) is 39.7 Å². The second-order valence-corrected chi connectivity index (χ2v) is 4.80. The summed E-state index contributed by atoms with van der Waals surface area (Å²) in [6.07, 6.45) is 3.33. The third-order valence-electron chi connectivity index (χ3n) is 2.32. The summed E-state index contributed by atoms with van der Waals surface area (Å²) in [5.74, 6) is 0. The number of hydrogen-bond acceptors (Lipinski definition) is 4. The Morgan fingerprint density at radius 1 is 1.33 bits per heavy atom. The number of hydrogen-bond donors (Lipinski definition) is 1. The van der Waals surface area contributed by atoms with E-state index in [2.05, 4.69) is 30.8 Å². The van der Waals surface area contributed by atoms with Crippen LogP contribution in [0.4, 0.5) is 5.13 Å². The smallest absolute Gasteiger partial charge is 0.185 e. The second-order valence-electron chi connectivity index (χ2n) is 3.74. The van der Waals surface area contributed by atoms with E-state index < -0.39 is 0 Å². The number of thiazole rings is 1. The topological polar surface area (TPSA) is 42.2 Å². The van der Waals surface area contributed by atoms with Crippen LogP contribution in [0.1, 0.15) is 37.3 Å². The van der Waals surface area contributed by atoms with Gasteiger partial charge >= 0.3 is 0 Å². The van der Waals surface area contributed by atoms with Crippen molar-refractivity contribution in [2.24, 2.45) is 5.73 Å². The summed E-state index contributed by atoms with van der Waals surface area (Å²) in [6.45, 7) is 6.03. The summed E-state index contributed by atoms with van der Waals surface area (Å²) < 4.78 is 0. The fourth-order valence-corrected chi connectivity index (χ4v) is 2.53. The highest BCUT2D eigenvalue weighted by atomic mass is 32.1. The van der Waals surface area contributed by atoms with Gasteiger partial charge in [0.25, 0.3) is 0 Å². The van der Waals surface area contributed by atoms with Gasteiger partial charge in [-0.15, -0.1) is 11.3 Å². The lowest BCUT2D eigenvalue weighted by Gasteiger charge is -2.13. The van der Waals surface area contributed by atoms with Crippen molar-refractivity contribution in [1.29, 1.82) is 0 Å². The summed E-state index contributed by atoms with van der Waals surface area (Å²) in [6, 6.07) is 0. The summed E-state index contributed by atoms with van der Waals surface area (Å²) in [7, 11) is 2.10. The summed E-state index contributed by atoms with van der Waals surface area (Å²) >= 11 is 1.74. The average molecular weight is 227 g/mol. The van der Waals surface area contributed by atoms with Crippen molar-refractivity contribution in [3.63, 3.8) is 0 Å². The van der Waals surface area contributed by atoms with Crippen LogP contribution in [-0.4, -0.2) is 18.6 Å². The first-order valence-electron chi connectivity index (χ1n) is 5.62. The van der Waals surface area contributed by atoms with E-state index in [0.717, 1.165) is 30.9 Å². The molecular formula is C11H21N3S. The Morgan fingerprint density at radius 2 is 2.07 bits per heavy atom. The molecule has 0 saturated carbocycles. The maximum atomic E-state index is 5.72. The third kappa shape index (κ3) is 3.18. The second kappa shape index (κ2) is 6.08. The predicted octanol–water partition coefficient (Wildman–Crippen LogP) is 2.40. The van der Waals surface area contributed by atoms with Crippen molar-refractivity contribution >= 4 is 16.5 Å². The van der Waals surface area contributed by atoms with Gasteiger partial charge in [-0.2, -0.15) is 0 Å². The van der Waals surface area contributed by atoms with Gasteiger partial charge in [-0.3, -0.25) is 0 Å². The Bertz CT molecular complexity index is 296. The Labute approximate surface area is 96.3 Å². The molecule has 0 unspecified atom stereocenters. The van der Waals surface area contributed by atoms with E-state index in [1.165, 1.54) is 10.6 Å². The average Bonchev–Trinajstić information content (AvgIpc) is 2.62. The molecule has 86 valence electrons. The first-order chi connectivity index (χ1) is 7.22. The van der Waals surface area contributed by atoms with E-state index in [4.69, 9.17) is 5.73 Å². The molecule has 0 amide bonds. The Kier molecular flexibility index (Phi) is 5.05. The molecule has 0 saturated heterocycles. The van der Waals surface area contributed by atoms with Crippen LogP contribution in [0.25, 0.3) is 0 Å². The van der Waals surface area contributed by atoms with E-state index in [1.807, 2.05) is 0 Å². The largest absolute Gasteiger partial charge is 0.351 e. The molecule has 1 rings (SSSR count). The fourth-order valence-electron chi connectivity index (χ4n) is 1.56. The Balaban J connectivity index is 2.81. The van der Waals surface area contributed by atoms with E-state index in [1.54, 1.807) is 11.3 Å². The van der Waals surface area contributed by atoms with E-state index in [-0.39, 0.29) is 0 Å².